The van der Waals surface area contributed by atoms with Gasteiger partial charge in [-0.2, -0.15) is 13.2 Å². The van der Waals surface area contributed by atoms with Crippen LogP contribution in [0.2, 0.25) is 10.0 Å². The zero-order valence-corrected chi connectivity index (χ0v) is 16.1. The number of hydrogen-bond acceptors (Lipinski definition) is 3. The van der Waals surface area contributed by atoms with E-state index >= 15 is 0 Å². The Hall–Kier alpha value is -1.70. The first kappa shape index (κ1) is 20.0. The summed E-state index contributed by atoms with van der Waals surface area (Å²) in [5.74, 6) is -0.298. The second kappa shape index (κ2) is 8.12. The number of carbonyl (C=O) groups is 1. The Kier molecular flexibility index (Phi) is 6.03. The fourth-order valence-electron chi connectivity index (χ4n) is 2.58. The van der Waals surface area contributed by atoms with Crippen LogP contribution in [0.15, 0.2) is 47.5 Å². The van der Waals surface area contributed by atoms with E-state index in [9.17, 15) is 18.0 Å². The van der Waals surface area contributed by atoms with Gasteiger partial charge in [0.05, 0.1) is 17.7 Å². The van der Waals surface area contributed by atoms with Crippen molar-refractivity contribution < 1.29 is 18.0 Å². The molecule has 3 rings (SSSR count). The molecule has 0 radical (unpaired) electrons. The largest absolute Gasteiger partial charge is 0.417 e. The van der Waals surface area contributed by atoms with E-state index in [0.717, 1.165) is 11.6 Å². The van der Waals surface area contributed by atoms with Crippen LogP contribution >= 0.6 is 35.0 Å². The van der Waals surface area contributed by atoms with Crippen molar-refractivity contribution in [1.82, 2.24) is 4.90 Å². The van der Waals surface area contributed by atoms with Gasteiger partial charge in [-0.3, -0.25) is 14.7 Å². The number of alkyl halides is 3. The van der Waals surface area contributed by atoms with Crippen LogP contribution in [0, 0.1) is 0 Å². The van der Waals surface area contributed by atoms with Gasteiger partial charge in [0.2, 0.25) is 0 Å². The molecule has 0 aliphatic carbocycles. The van der Waals surface area contributed by atoms with Crippen molar-refractivity contribution in [2.24, 2.45) is 4.99 Å². The third-order valence-electron chi connectivity index (χ3n) is 3.88. The molecule has 0 bridgehead atoms. The summed E-state index contributed by atoms with van der Waals surface area (Å²) in [6.45, 7) is 0.582. The summed E-state index contributed by atoms with van der Waals surface area (Å²) in [5.41, 5.74) is -0.541. The molecule has 0 unspecified atom stereocenters. The third-order valence-corrected chi connectivity index (χ3v) is 5.53. The molecule has 2 aromatic carbocycles. The summed E-state index contributed by atoms with van der Waals surface area (Å²) in [4.78, 5) is 18.3. The fourth-order valence-corrected chi connectivity index (χ4v) is 4.19. The van der Waals surface area contributed by atoms with Crippen molar-refractivity contribution in [3.63, 3.8) is 0 Å². The Balaban J connectivity index is 1.78. The van der Waals surface area contributed by atoms with Crippen LogP contribution in [0.3, 0.4) is 0 Å². The molecule has 3 nitrogen and oxygen atoms in total. The Morgan fingerprint density at radius 3 is 2.63 bits per heavy atom. The van der Waals surface area contributed by atoms with Crippen LogP contribution in [-0.2, 0) is 11.9 Å². The third kappa shape index (κ3) is 4.59. The van der Waals surface area contributed by atoms with Crippen molar-refractivity contribution in [2.45, 2.75) is 11.9 Å². The first-order valence-corrected chi connectivity index (χ1v) is 9.61. The summed E-state index contributed by atoms with van der Waals surface area (Å²) in [7, 11) is 0. The Bertz CT molecular complexity index is 902. The van der Waals surface area contributed by atoms with Crippen LogP contribution in [0.25, 0.3) is 0 Å². The van der Waals surface area contributed by atoms with Crippen molar-refractivity contribution in [3.8, 4) is 0 Å². The van der Waals surface area contributed by atoms with E-state index in [4.69, 9.17) is 23.2 Å². The van der Waals surface area contributed by atoms with Gasteiger partial charge in [0.25, 0.3) is 5.91 Å². The van der Waals surface area contributed by atoms with Gasteiger partial charge in [-0.05, 0) is 29.8 Å². The lowest BCUT2D eigenvalue weighted by Crippen LogP contribution is -2.34. The van der Waals surface area contributed by atoms with Gasteiger partial charge >= 0.3 is 6.18 Å². The number of nitrogens with zero attached hydrogens (tertiary/aromatic N) is 2. The second-order valence-corrected chi connectivity index (χ2v) is 7.47. The summed E-state index contributed by atoms with van der Waals surface area (Å²) in [6, 6.07) is 9.83. The van der Waals surface area contributed by atoms with Gasteiger partial charge in [0.1, 0.15) is 0 Å². The zero-order valence-electron chi connectivity index (χ0n) is 13.8. The lowest BCUT2D eigenvalue weighted by atomic mass is 10.1. The molecule has 0 aromatic heterocycles. The predicted molar refractivity (Wildman–Crippen MR) is 103 cm³/mol. The molecule has 1 aliphatic heterocycles. The highest BCUT2D eigenvalue weighted by Gasteiger charge is 2.37. The molecule has 142 valence electrons. The summed E-state index contributed by atoms with van der Waals surface area (Å²) in [6.07, 6.45) is -4.60. The first-order chi connectivity index (χ1) is 12.8. The molecule has 2 aromatic rings. The lowest BCUT2D eigenvalue weighted by Gasteiger charge is -2.20. The highest BCUT2D eigenvalue weighted by Crippen LogP contribution is 2.33. The predicted octanol–water partition coefficient (Wildman–Crippen LogP) is 5.76. The first-order valence-electron chi connectivity index (χ1n) is 7.86. The molecule has 9 heteroatoms. The van der Waals surface area contributed by atoms with E-state index in [2.05, 4.69) is 4.99 Å². The van der Waals surface area contributed by atoms with E-state index in [1.54, 1.807) is 18.2 Å². The van der Waals surface area contributed by atoms with E-state index < -0.39 is 17.6 Å². The van der Waals surface area contributed by atoms with Crippen molar-refractivity contribution in [1.29, 1.82) is 0 Å². The molecule has 0 saturated carbocycles. The number of amides is 1. The Morgan fingerprint density at radius 2 is 1.93 bits per heavy atom. The molecular weight excluding hydrogens is 420 g/mol. The monoisotopic (exact) mass is 432 g/mol. The molecule has 0 spiro atoms. The summed E-state index contributed by atoms with van der Waals surface area (Å²) >= 11 is 13.3. The highest BCUT2D eigenvalue weighted by atomic mass is 35.5. The van der Waals surface area contributed by atoms with Crippen LogP contribution in [0.1, 0.15) is 21.5 Å². The maximum Gasteiger partial charge on any atom is 0.417 e. The molecule has 1 heterocycles. The van der Waals surface area contributed by atoms with Crippen LogP contribution in [-0.4, -0.2) is 29.1 Å². The Labute approximate surface area is 168 Å². The van der Waals surface area contributed by atoms with Gasteiger partial charge in [0, 0.05) is 22.3 Å². The summed E-state index contributed by atoms with van der Waals surface area (Å²) in [5, 5.41) is 1.37. The minimum absolute atomic E-state index is 0.238. The van der Waals surface area contributed by atoms with Gasteiger partial charge < -0.3 is 0 Å². The number of benzene rings is 2. The number of amidine groups is 1. The number of thioether (sulfide) groups is 1. The van der Waals surface area contributed by atoms with Gasteiger partial charge in [0.15, 0.2) is 5.17 Å². The molecule has 1 amide bonds. The SMILES string of the molecule is O=C(c1ccccc1C(F)(F)F)N1CCN=C1SCc1ccc(Cl)cc1Cl. The number of halogens is 5. The number of rotatable bonds is 3. The molecule has 0 fully saturated rings. The fraction of sp³-hybridized carbons (Fsp3) is 0.222. The quantitative estimate of drug-likeness (QED) is 0.617. The number of hydrogen-bond donors (Lipinski definition) is 0. The maximum absolute atomic E-state index is 13.2. The second-order valence-electron chi connectivity index (χ2n) is 5.69. The smallest absolute Gasteiger partial charge is 0.286 e. The maximum atomic E-state index is 13.2. The van der Waals surface area contributed by atoms with Crippen molar-refractivity contribution in [3.05, 3.63) is 69.2 Å². The minimum Gasteiger partial charge on any atom is -0.286 e. The van der Waals surface area contributed by atoms with Gasteiger partial charge in [-0.15, -0.1) is 0 Å². The number of aliphatic imine (C=N–C) groups is 1. The summed E-state index contributed by atoms with van der Waals surface area (Å²) < 4.78 is 39.6. The molecule has 0 N–H and O–H groups in total. The molecule has 27 heavy (non-hydrogen) atoms. The Morgan fingerprint density at radius 1 is 1.19 bits per heavy atom. The van der Waals surface area contributed by atoms with Crippen LogP contribution in [0.4, 0.5) is 13.2 Å². The highest BCUT2D eigenvalue weighted by molar-refractivity contribution is 8.13. The van der Waals surface area contributed by atoms with E-state index in [1.165, 1.54) is 34.9 Å². The molecule has 0 atom stereocenters. The minimum atomic E-state index is -4.60. The average Bonchev–Trinajstić information content (AvgIpc) is 3.08. The number of carbonyl (C=O) groups excluding carboxylic acids is 1. The molecule has 0 saturated heterocycles. The average molecular weight is 433 g/mol. The van der Waals surface area contributed by atoms with Crippen LogP contribution < -0.4 is 0 Å². The topological polar surface area (TPSA) is 32.7 Å². The molecule has 1 aliphatic rings. The van der Waals surface area contributed by atoms with Gasteiger partial charge in [-0.25, -0.2) is 0 Å². The lowest BCUT2D eigenvalue weighted by molar-refractivity contribution is -0.138. The van der Waals surface area contributed by atoms with Crippen molar-refractivity contribution >= 4 is 46.0 Å². The standard InChI is InChI=1S/C18H13Cl2F3N2OS/c19-12-6-5-11(15(20)9-12)10-27-17-24-7-8-25(17)16(26)13-3-1-2-4-14(13)18(21,22)23/h1-6,9H,7-8,10H2. The zero-order chi connectivity index (χ0) is 19.6. The van der Waals surface area contributed by atoms with Crippen molar-refractivity contribution in [2.75, 3.05) is 13.1 Å². The van der Waals surface area contributed by atoms with Gasteiger partial charge in [-0.1, -0.05) is 53.2 Å². The van der Waals surface area contributed by atoms with E-state index in [1.807, 2.05) is 0 Å². The van der Waals surface area contributed by atoms with E-state index in [-0.39, 0.29) is 12.1 Å². The van der Waals surface area contributed by atoms with Crippen LogP contribution in [0.5, 0.6) is 0 Å². The normalized spacial score (nSPS) is 14.4. The van der Waals surface area contributed by atoms with E-state index in [0.29, 0.717) is 27.5 Å². The molecular formula is C18H13Cl2F3N2OS.